The zero-order valence-corrected chi connectivity index (χ0v) is 17.3. The van der Waals surface area contributed by atoms with E-state index in [0.717, 1.165) is 6.26 Å². The van der Waals surface area contributed by atoms with Crippen LogP contribution < -0.4 is 16.4 Å². The van der Waals surface area contributed by atoms with Crippen LogP contribution in [0.15, 0.2) is 77.7 Å². The fourth-order valence-corrected chi connectivity index (χ4v) is 3.68. The third-order valence-electron chi connectivity index (χ3n) is 4.51. The Bertz CT molecular complexity index is 1210. The molecule has 0 aromatic heterocycles. The highest BCUT2D eigenvalue weighted by Crippen LogP contribution is 2.25. The van der Waals surface area contributed by atoms with Gasteiger partial charge in [-0.3, -0.25) is 4.79 Å². The van der Waals surface area contributed by atoms with Gasteiger partial charge in [0.1, 0.15) is 5.82 Å². The quantitative estimate of drug-likeness (QED) is 0.544. The monoisotopic (exact) mass is 441 g/mol. The Morgan fingerprint density at radius 2 is 1.58 bits per heavy atom. The normalized spacial score (nSPS) is 12.1. The van der Waals surface area contributed by atoms with Gasteiger partial charge in [-0.2, -0.15) is 0 Å². The molecule has 0 radical (unpaired) electrons. The van der Waals surface area contributed by atoms with E-state index >= 15 is 0 Å². The van der Waals surface area contributed by atoms with E-state index in [1.807, 2.05) is 0 Å². The molecule has 0 fully saturated rings. The van der Waals surface area contributed by atoms with Gasteiger partial charge in [0.25, 0.3) is 5.91 Å². The number of carbonyl (C=O) groups is 2. The fourth-order valence-electron chi connectivity index (χ4n) is 3.00. The first-order chi connectivity index (χ1) is 14.6. The van der Waals surface area contributed by atoms with Crippen molar-refractivity contribution in [2.45, 2.75) is 10.9 Å². The third kappa shape index (κ3) is 5.67. The number of primary amides is 1. The van der Waals surface area contributed by atoms with Crippen LogP contribution in [0.1, 0.15) is 27.5 Å². The molecule has 1 unspecified atom stereocenters. The number of hydrogen-bond donors (Lipinski definition) is 3. The second kappa shape index (κ2) is 8.97. The zero-order valence-electron chi connectivity index (χ0n) is 16.5. The van der Waals surface area contributed by atoms with Crippen LogP contribution in [0, 0.1) is 5.82 Å². The first-order valence-electron chi connectivity index (χ1n) is 9.16. The second-order valence-electron chi connectivity index (χ2n) is 6.87. The van der Waals surface area contributed by atoms with Gasteiger partial charge >= 0.3 is 6.03 Å². The Morgan fingerprint density at radius 1 is 0.935 bits per heavy atom. The molecule has 3 rings (SSSR count). The van der Waals surface area contributed by atoms with Gasteiger partial charge < -0.3 is 16.4 Å². The summed E-state index contributed by atoms with van der Waals surface area (Å²) in [6.45, 7) is 0. The van der Waals surface area contributed by atoms with Crippen molar-refractivity contribution in [3.05, 3.63) is 95.3 Å². The summed E-state index contributed by atoms with van der Waals surface area (Å²) >= 11 is 0. The van der Waals surface area contributed by atoms with Crippen molar-refractivity contribution in [3.63, 3.8) is 0 Å². The summed E-state index contributed by atoms with van der Waals surface area (Å²) in [5.74, 6) is -0.874. The van der Waals surface area contributed by atoms with Crippen LogP contribution in [0.4, 0.5) is 14.9 Å². The van der Waals surface area contributed by atoms with Gasteiger partial charge in [0.05, 0.1) is 10.9 Å². The van der Waals surface area contributed by atoms with Crippen LogP contribution in [0.25, 0.3) is 0 Å². The lowest BCUT2D eigenvalue weighted by Gasteiger charge is -2.21. The van der Waals surface area contributed by atoms with Gasteiger partial charge in [-0.15, -0.1) is 0 Å². The number of anilines is 1. The number of urea groups is 1. The molecule has 4 N–H and O–H groups in total. The van der Waals surface area contributed by atoms with Crippen molar-refractivity contribution in [3.8, 4) is 0 Å². The molecular formula is C22H20FN3O4S. The number of nitrogens with two attached hydrogens (primary N) is 1. The van der Waals surface area contributed by atoms with E-state index in [1.54, 1.807) is 12.1 Å². The molecule has 7 nitrogen and oxygen atoms in total. The summed E-state index contributed by atoms with van der Waals surface area (Å²) in [6, 6.07) is 16.4. The maximum atomic E-state index is 13.4. The van der Waals surface area contributed by atoms with E-state index in [2.05, 4.69) is 10.6 Å². The Kier molecular flexibility index (Phi) is 6.36. The molecule has 0 spiro atoms. The van der Waals surface area contributed by atoms with Crippen LogP contribution in [-0.4, -0.2) is 26.6 Å². The van der Waals surface area contributed by atoms with E-state index in [-0.39, 0.29) is 4.90 Å². The number of benzene rings is 3. The van der Waals surface area contributed by atoms with Crippen molar-refractivity contribution >= 4 is 27.5 Å². The van der Waals surface area contributed by atoms with Crippen LogP contribution in [0.2, 0.25) is 0 Å². The maximum absolute atomic E-state index is 13.4. The molecule has 3 amide bonds. The first-order valence-corrected chi connectivity index (χ1v) is 11.1. The number of carbonyl (C=O) groups excluding carboxylic acids is 2. The average Bonchev–Trinajstić information content (AvgIpc) is 2.72. The standard InChI is InChI=1S/C22H20FN3O4S/c1-31(29,30)19-4-2-3-16(13-19)20(14-5-9-17(23)10-6-14)26-21(27)15-7-11-18(12-8-15)25-22(24)28/h2-13,20H,1H3,(H,26,27)(H3,24,25,28). The molecule has 0 saturated heterocycles. The molecule has 31 heavy (non-hydrogen) atoms. The molecule has 160 valence electrons. The smallest absolute Gasteiger partial charge is 0.316 e. The minimum Gasteiger partial charge on any atom is -0.351 e. The Hall–Kier alpha value is -3.72. The second-order valence-corrected chi connectivity index (χ2v) is 8.89. The largest absolute Gasteiger partial charge is 0.351 e. The lowest BCUT2D eigenvalue weighted by molar-refractivity contribution is 0.0943. The number of amides is 3. The van der Waals surface area contributed by atoms with Gasteiger partial charge in [0.2, 0.25) is 0 Å². The van der Waals surface area contributed by atoms with Crippen molar-refractivity contribution in [1.29, 1.82) is 0 Å². The summed E-state index contributed by atoms with van der Waals surface area (Å²) in [4.78, 5) is 23.9. The number of nitrogens with one attached hydrogen (secondary N) is 2. The minimum atomic E-state index is -3.46. The Labute approximate surface area is 179 Å². The van der Waals surface area contributed by atoms with Gasteiger partial charge in [-0.25, -0.2) is 17.6 Å². The molecule has 0 aliphatic rings. The van der Waals surface area contributed by atoms with E-state index in [4.69, 9.17) is 5.73 Å². The SMILES string of the molecule is CS(=O)(=O)c1cccc(C(NC(=O)c2ccc(NC(N)=O)cc2)c2ccc(F)cc2)c1. The molecule has 0 saturated carbocycles. The number of halogens is 1. The molecule has 3 aromatic carbocycles. The van der Waals surface area contributed by atoms with E-state index in [9.17, 15) is 22.4 Å². The highest BCUT2D eigenvalue weighted by atomic mass is 32.2. The van der Waals surface area contributed by atoms with Crippen LogP contribution >= 0.6 is 0 Å². The molecule has 0 aliphatic carbocycles. The number of hydrogen-bond acceptors (Lipinski definition) is 4. The summed E-state index contributed by atoms with van der Waals surface area (Å²) < 4.78 is 37.4. The van der Waals surface area contributed by atoms with E-state index < -0.39 is 33.6 Å². The molecule has 9 heteroatoms. The molecular weight excluding hydrogens is 421 g/mol. The van der Waals surface area contributed by atoms with Crippen molar-refractivity contribution in [2.75, 3.05) is 11.6 Å². The summed E-state index contributed by atoms with van der Waals surface area (Å²) in [5, 5.41) is 5.26. The highest BCUT2D eigenvalue weighted by molar-refractivity contribution is 7.90. The zero-order chi connectivity index (χ0) is 22.6. The number of sulfone groups is 1. The fraction of sp³-hybridized carbons (Fsp3) is 0.0909. The predicted molar refractivity (Wildman–Crippen MR) is 115 cm³/mol. The van der Waals surface area contributed by atoms with Crippen LogP contribution in [-0.2, 0) is 9.84 Å². The van der Waals surface area contributed by atoms with E-state index in [1.165, 1.54) is 60.7 Å². The van der Waals surface area contributed by atoms with Gasteiger partial charge in [0, 0.05) is 17.5 Å². The summed E-state index contributed by atoms with van der Waals surface area (Å²) in [5.41, 5.74) is 6.91. The van der Waals surface area contributed by atoms with Gasteiger partial charge in [-0.05, 0) is 59.7 Å². The molecule has 0 aliphatic heterocycles. The molecule has 1 atom stereocenters. The molecule has 0 bridgehead atoms. The lowest BCUT2D eigenvalue weighted by atomic mass is 9.98. The summed E-state index contributed by atoms with van der Waals surface area (Å²) in [7, 11) is -3.46. The van der Waals surface area contributed by atoms with Gasteiger partial charge in [-0.1, -0.05) is 24.3 Å². The van der Waals surface area contributed by atoms with Gasteiger partial charge in [0.15, 0.2) is 9.84 Å². The lowest BCUT2D eigenvalue weighted by Crippen LogP contribution is -2.29. The van der Waals surface area contributed by atoms with Crippen LogP contribution in [0.5, 0.6) is 0 Å². The van der Waals surface area contributed by atoms with E-state index in [0.29, 0.717) is 22.4 Å². The molecule has 0 heterocycles. The van der Waals surface area contributed by atoms with Crippen molar-refractivity contribution in [1.82, 2.24) is 5.32 Å². The molecule has 3 aromatic rings. The topological polar surface area (TPSA) is 118 Å². The Morgan fingerprint density at radius 3 is 2.16 bits per heavy atom. The Balaban J connectivity index is 1.95. The summed E-state index contributed by atoms with van der Waals surface area (Å²) in [6.07, 6.45) is 1.10. The minimum absolute atomic E-state index is 0.105. The van der Waals surface area contributed by atoms with Crippen molar-refractivity contribution in [2.24, 2.45) is 5.73 Å². The van der Waals surface area contributed by atoms with Crippen LogP contribution in [0.3, 0.4) is 0 Å². The first kappa shape index (κ1) is 22.0. The highest BCUT2D eigenvalue weighted by Gasteiger charge is 2.20. The van der Waals surface area contributed by atoms with Crippen molar-refractivity contribution < 1.29 is 22.4 Å². The average molecular weight is 441 g/mol. The third-order valence-corrected chi connectivity index (χ3v) is 5.62. The predicted octanol–water partition coefficient (Wildman–Crippen LogP) is 3.24. The maximum Gasteiger partial charge on any atom is 0.316 e. The number of rotatable bonds is 6.